The molecule has 0 saturated heterocycles. The molecule has 3 nitrogen and oxygen atoms in total. The number of hydrogen-bond donors (Lipinski definition) is 2. The molecule has 4 bridgehead atoms. The van der Waals surface area contributed by atoms with Gasteiger partial charge in [-0.1, -0.05) is 11.6 Å². The Morgan fingerprint density at radius 3 is 2.55 bits per heavy atom. The fraction of sp³-hybridized carbons (Fsp3) is 0.640. The van der Waals surface area contributed by atoms with E-state index >= 15 is 0 Å². The second-order valence-electron chi connectivity index (χ2n) is 10.3. The second-order valence-corrected chi connectivity index (χ2v) is 10.7. The van der Waals surface area contributed by atoms with Crippen LogP contribution in [0, 0.1) is 23.2 Å². The highest BCUT2D eigenvalue weighted by atomic mass is 35.5. The van der Waals surface area contributed by atoms with Gasteiger partial charge in [0.15, 0.2) is 0 Å². The maximum atomic E-state index is 6.09. The molecule has 4 aliphatic rings. The molecule has 156 valence electrons. The standard InChI is InChI=1S/C25H34ClN3/c1-17(29-16-25-13-18-9-19(14-25)11-20(10-18)15-25)3-2-7-27-23-6-8-28-24-12-21(26)4-5-22(23)24/h4-6,8,12,17-20,29H,2-3,7,9-11,13-16H2,1H3,(H,27,28). The van der Waals surface area contributed by atoms with Crippen molar-refractivity contribution in [2.75, 3.05) is 18.4 Å². The van der Waals surface area contributed by atoms with Gasteiger partial charge in [0.1, 0.15) is 0 Å². The van der Waals surface area contributed by atoms with E-state index in [0.717, 1.165) is 45.9 Å². The van der Waals surface area contributed by atoms with E-state index in [2.05, 4.69) is 34.7 Å². The molecule has 4 aliphatic carbocycles. The Hall–Kier alpha value is -1.32. The van der Waals surface area contributed by atoms with Crippen LogP contribution < -0.4 is 10.6 Å². The topological polar surface area (TPSA) is 37.0 Å². The van der Waals surface area contributed by atoms with E-state index in [1.807, 2.05) is 18.3 Å². The first kappa shape index (κ1) is 19.6. The van der Waals surface area contributed by atoms with Gasteiger partial charge in [-0.3, -0.25) is 4.98 Å². The third-order valence-electron chi connectivity index (χ3n) is 7.82. The molecule has 0 aliphatic heterocycles. The van der Waals surface area contributed by atoms with Crippen LogP contribution in [0.2, 0.25) is 5.02 Å². The van der Waals surface area contributed by atoms with Gasteiger partial charge in [0.25, 0.3) is 0 Å². The van der Waals surface area contributed by atoms with Gasteiger partial charge < -0.3 is 10.6 Å². The summed E-state index contributed by atoms with van der Waals surface area (Å²) in [5, 5.41) is 9.40. The van der Waals surface area contributed by atoms with Crippen molar-refractivity contribution >= 4 is 28.2 Å². The van der Waals surface area contributed by atoms with Crippen LogP contribution in [0.4, 0.5) is 5.69 Å². The van der Waals surface area contributed by atoms with Gasteiger partial charge in [-0.15, -0.1) is 0 Å². The SMILES string of the molecule is CC(CCCNc1ccnc2cc(Cl)ccc12)NCC12CC3CC(CC(C3)C1)C2. The van der Waals surface area contributed by atoms with E-state index in [4.69, 9.17) is 11.6 Å². The van der Waals surface area contributed by atoms with E-state index in [1.54, 1.807) is 0 Å². The third kappa shape index (κ3) is 4.27. The van der Waals surface area contributed by atoms with Crippen molar-refractivity contribution in [2.45, 2.75) is 64.3 Å². The Balaban J connectivity index is 1.08. The lowest BCUT2D eigenvalue weighted by Gasteiger charge is -2.57. The first-order valence-electron chi connectivity index (χ1n) is 11.6. The molecule has 0 amide bonds. The van der Waals surface area contributed by atoms with Gasteiger partial charge in [0, 0.05) is 41.4 Å². The van der Waals surface area contributed by atoms with Crippen molar-refractivity contribution in [1.29, 1.82) is 0 Å². The van der Waals surface area contributed by atoms with Gasteiger partial charge in [-0.05, 0) is 106 Å². The lowest BCUT2D eigenvalue weighted by Crippen LogP contribution is -2.51. The highest BCUT2D eigenvalue weighted by Gasteiger charge is 2.50. The summed E-state index contributed by atoms with van der Waals surface area (Å²) in [4.78, 5) is 4.43. The average molecular weight is 412 g/mol. The van der Waals surface area contributed by atoms with Crippen LogP contribution in [0.25, 0.3) is 10.9 Å². The predicted molar refractivity (Wildman–Crippen MR) is 123 cm³/mol. The molecule has 2 N–H and O–H groups in total. The molecular weight excluding hydrogens is 378 g/mol. The summed E-state index contributed by atoms with van der Waals surface area (Å²) in [7, 11) is 0. The highest BCUT2D eigenvalue weighted by molar-refractivity contribution is 6.31. The molecule has 2 aromatic rings. The Kier molecular flexibility index (Phi) is 5.47. The minimum Gasteiger partial charge on any atom is -0.384 e. The van der Waals surface area contributed by atoms with Crippen LogP contribution >= 0.6 is 11.6 Å². The Bertz CT molecular complexity index is 829. The fourth-order valence-corrected chi connectivity index (χ4v) is 7.07. The first-order valence-corrected chi connectivity index (χ1v) is 12.0. The number of anilines is 1. The van der Waals surface area contributed by atoms with Crippen molar-refractivity contribution in [3.8, 4) is 0 Å². The van der Waals surface area contributed by atoms with Crippen molar-refractivity contribution in [3.63, 3.8) is 0 Å². The van der Waals surface area contributed by atoms with E-state index in [0.29, 0.717) is 11.5 Å². The maximum Gasteiger partial charge on any atom is 0.0737 e. The van der Waals surface area contributed by atoms with Gasteiger partial charge in [-0.25, -0.2) is 0 Å². The van der Waals surface area contributed by atoms with Crippen LogP contribution in [0.15, 0.2) is 30.5 Å². The Labute approximate surface area is 180 Å². The molecule has 6 rings (SSSR count). The molecule has 1 atom stereocenters. The van der Waals surface area contributed by atoms with Crippen molar-refractivity contribution in [2.24, 2.45) is 23.2 Å². The summed E-state index contributed by atoms with van der Waals surface area (Å²) in [5.74, 6) is 3.15. The van der Waals surface area contributed by atoms with Crippen LogP contribution in [-0.4, -0.2) is 24.1 Å². The first-order chi connectivity index (χ1) is 14.1. The lowest BCUT2D eigenvalue weighted by atomic mass is 9.49. The number of rotatable bonds is 8. The molecular formula is C25H34ClN3. The van der Waals surface area contributed by atoms with Crippen molar-refractivity contribution < 1.29 is 0 Å². The third-order valence-corrected chi connectivity index (χ3v) is 8.06. The Morgan fingerprint density at radius 1 is 1.10 bits per heavy atom. The molecule has 1 heterocycles. The van der Waals surface area contributed by atoms with Crippen molar-refractivity contribution in [3.05, 3.63) is 35.5 Å². The van der Waals surface area contributed by atoms with Crippen LogP contribution in [0.5, 0.6) is 0 Å². The average Bonchev–Trinajstić information content (AvgIpc) is 2.68. The molecule has 0 spiro atoms. The van der Waals surface area contributed by atoms with Gasteiger partial charge in [-0.2, -0.15) is 0 Å². The molecule has 0 radical (unpaired) electrons. The molecule has 4 heteroatoms. The summed E-state index contributed by atoms with van der Waals surface area (Å²) in [5.41, 5.74) is 2.74. The zero-order valence-corrected chi connectivity index (χ0v) is 18.3. The number of nitrogens with zero attached hydrogens (tertiary/aromatic N) is 1. The molecule has 1 aromatic carbocycles. The van der Waals surface area contributed by atoms with E-state index < -0.39 is 0 Å². The zero-order valence-electron chi connectivity index (χ0n) is 17.6. The van der Waals surface area contributed by atoms with Crippen LogP contribution in [-0.2, 0) is 0 Å². The normalized spacial score (nSPS) is 31.3. The van der Waals surface area contributed by atoms with Gasteiger partial charge in [0.2, 0.25) is 0 Å². The monoisotopic (exact) mass is 411 g/mol. The quantitative estimate of drug-likeness (QED) is 0.502. The number of aromatic nitrogens is 1. The zero-order chi connectivity index (χ0) is 19.8. The number of halogens is 1. The predicted octanol–water partition coefficient (Wildman–Crippen LogP) is 6.27. The summed E-state index contributed by atoms with van der Waals surface area (Å²) in [6.45, 7) is 4.61. The molecule has 29 heavy (non-hydrogen) atoms. The van der Waals surface area contributed by atoms with Gasteiger partial charge >= 0.3 is 0 Å². The molecule has 1 unspecified atom stereocenters. The Morgan fingerprint density at radius 2 is 1.83 bits per heavy atom. The minimum atomic E-state index is 0.595. The maximum absolute atomic E-state index is 6.09. The lowest BCUT2D eigenvalue weighted by molar-refractivity contribution is -0.0523. The van der Waals surface area contributed by atoms with Crippen LogP contribution in [0.1, 0.15) is 58.3 Å². The summed E-state index contributed by atoms with van der Waals surface area (Å²) in [6.07, 6.45) is 13.4. The van der Waals surface area contributed by atoms with Crippen LogP contribution in [0.3, 0.4) is 0 Å². The van der Waals surface area contributed by atoms with Gasteiger partial charge in [0.05, 0.1) is 5.52 Å². The summed E-state index contributed by atoms with van der Waals surface area (Å²) in [6, 6.07) is 8.58. The second kappa shape index (κ2) is 8.07. The molecule has 4 fully saturated rings. The number of benzene rings is 1. The molecule has 1 aromatic heterocycles. The van der Waals surface area contributed by atoms with E-state index in [1.165, 1.54) is 57.9 Å². The minimum absolute atomic E-state index is 0.595. The summed E-state index contributed by atoms with van der Waals surface area (Å²) < 4.78 is 0. The highest BCUT2D eigenvalue weighted by Crippen LogP contribution is 2.59. The number of fused-ring (bicyclic) bond motifs is 1. The number of nitrogens with one attached hydrogen (secondary N) is 2. The summed E-state index contributed by atoms with van der Waals surface area (Å²) >= 11 is 6.09. The van der Waals surface area contributed by atoms with E-state index in [9.17, 15) is 0 Å². The number of hydrogen-bond acceptors (Lipinski definition) is 3. The smallest absolute Gasteiger partial charge is 0.0737 e. The van der Waals surface area contributed by atoms with E-state index in [-0.39, 0.29) is 0 Å². The largest absolute Gasteiger partial charge is 0.384 e. The van der Waals surface area contributed by atoms with Crippen molar-refractivity contribution in [1.82, 2.24) is 10.3 Å². The molecule has 4 saturated carbocycles. The fourth-order valence-electron chi connectivity index (χ4n) is 6.91. The number of pyridine rings is 1.